The van der Waals surface area contributed by atoms with Crippen molar-refractivity contribution < 1.29 is 13.2 Å². The van der Waals surface area contributed by atoms with E-state index in [0.29, 0.717) is 43.3 Å². The monoisotopic (exact) mass is 407 g/mol. The van der Waals surface area contributed by atoms with Crippen molar-refractivity contribution >= 4 is 15.9 Å². The van der Waals surface area contributed by atoms with Gasteiger partial charge in [-0.1, -0.05) is 31.5 Å². The fraction of sp³-hybridized carbons (Fsp3) is 0.667. The Morgan fingerprint density at radius 2 is 1.71 bits per heavy atom. The van der Waals surface area contributed by atoms with Gasteiger partial charge in [-0.25, -0.2) is 8.42 Å². The van der Waals surface area contributed by atoms with Gasteiger partial charge in [0.05, 0.1) is 4.90 Å². The average Bonchev–Trinajstić information content (AvgIpc) is 2.73. The Kier molecular flexibility index (Phi) is 7.48. The maximum Gasteiger partial charge on any atom is 0.243 e. The van der Waals surface area contributed by atoms with Crippen molar-refractivity contribution in [3.05, 3.63) is 30.3 Å². The summed E-state index contributed by atoms with van der Waals surface area (Å²) in [5.74, 6) is 0.410. The third-order valence-corrected chi connectivity index (χ3v) is 7.76. The first-order valence-corrected chi connectivity index (χ1v) is 12.0. The van der Waals surface area contributed by atoms with E-state index in [1.54, 1.807) is 24.3 Å². The molecule has 6 nitrogen and oxygen atoms in total. The fourth-order valence-corrected chi connectivity index (χ4v) is 5.66. The van der Waals surface area contributed by atoms with E-state index in [4.69, 9.17) is 0 Å². The number of benzene rings is 1. The van der Waals surface area contributed by atoms with Crippen molar-refractivity contribution in [2.75, 3.05) is 39.3 Å². The van der Waals surface area contributed by atoms with E-state index >= 15 is 0 Å². The standard InChI is InChI=1S/C21H33N3O3S/c1-18(17-23-12-6-3-7-13-23)16-22-21(25)19-10-14-24(15-11-19)28(26,27)20-8-4-2-5-9-20/h2,4-5,8-9,18-19H,3,6-7,10-17H2,1H3,(H,22,25). The highest BCUT2D eigenvalue weighted by Crippen LogP contribution is 2.24. The van der Waals surface area contributed by atoms with Crippen molar-refractivity contribution in [3.63, 3.8) is 0 Å². The molecule has 0 aliphatic carbocycles. The molecule has 0 saturated carbocycles. The van der Waals surface area contributed by atoms with Crippen LogP contribution in [0.5, 0.6) is 0 Å². The Morgan fingerprint density at radius 1 is 1.07 bits per heavy atom. The Morgan fingerprint density at radius 3 is 2.36 bits per heavy atom. The molecule has 1 atom stereocenters. The molecule has 156 valence electrons. The van der Waals surface area contributed by atoms with E-state index in [2.05, 4.69) is 17.1 Å². The van der Waals surface area contributed by atoms with Crippen LogP contribution in [0.2, 0.25) is 0 Å². The molecule has 7 heteroatoms. The number of likely N-dealkylation sites (tertiary alicyclic amines) is 1. The quantitative estimate of drug-likeness (QED) is 0.753. The molecule has 2 saturated heterocycles. The Hall–Kier alpha value is -1.44. The van der Waals surface area contributed by atoms with E-state index < -0.39 is 10.0 Å². The number of piperidine rings is 2. The van der Waals surface area contributed by atoms with Crippen LogP contribution in [0, 0.1) is 11.8 Å². The van der Waals surface area contributed by atoms with Crippen molar-refractivity contribution in [1.29, 1.82) is 0 Å². The van der Waals surface area contributed by atoms with Crippen molar-refractivity contribution in [1.82, 2.24) is 14.5 Å². The molecule has 0 aromatic heterocycles. The molecule has 2 heterocycles. The lowest BCUT2D eigenvalue weighted by Crippen LogP contribution is -2.44. The number of amides is 1. The molecule has 0 bridgehead atoms. The molecule has 2 aliphatic rings. The Bertz CT molecular complexity index is 725. The SMILES string of the molecule is CC(CNC(=O)C1CCN(S(=O)(=O)c2ccccc2)CC1)CN1CCCCC1. The summed E-state index contributed by atoms with van der Waals surface area (Å²) in [4.78, 5) is 15.3. The second kappa shape index (κ2) is 9.85. The summed E-state index contributed by atoms with van der Waals surface area (Å²) in [5, 5.41) is 3.09. The zero-order chi connectivity index (χ0) is 20.0. The van der Waals surface area contributed by atoms with Crippen LogP contribution in [-0.4, -0.2) is 62.8 Å². The molecule has 1 aromatic rings. The Balaban J connectivity index is 1.42. The summed E-state index contributed by atoms with van der Waals surface area (Å²) >= 11 is 0. The molecule has 1 unspecified atom stereocenters. The largest absolute Gasteiger partial charge is 0.356 e. The lowest BCUT2D eigenvalue weighted by atomic mass is 9.97. The zero-order valence-electron chi connectivity index (χ0n) is 16.8. The minimum Gasteiger partial charge on any atom is -0.356 e. The number of carbonyl (C=O) groups excluding carboxylic acids is 1. The smallest absolute Gasteiger partial charge is 0.243 e. The van der Waals surface area contributed by atoms with Gasteiger partial charge in [-0.15, -0.1) is 0 Å². The average molecular weight is 408 g/mol. The van der Waals surface area contributed by atoms with Crippen molar-refractivity contribution in [2.24, 2.45) is 11.8 Å². The number of rotatable bonds is 7. The zero-order valence-corrected chi connectivity index (χ0v) is 17.7. The highest BCUT2D eigenvalue weighted by Gasteiger charge is 2.32. The van der Waals surface area contributed by atoms with Gasteiger partial charge in [0.1, 0.15) is 0 Å². The lowest BCUT2D eigenvalue weighted by Gasteiger charge is -2.31. The number of sulfonamides is 1. The fourth-order valence-electron chi connectivity index (χ4n) is 4.17. The maximum atomic E-state index is 12.7. The van der Waals surface area contributed by atoms with E-state index in [-0.39, 0.29) is 11.8 Å². The summed E-state index contributed by atoms with van der Waals surface area (Å²) in [6, 6.07) is 8.52. The van der Waals surface area contributed by atoms with Crippen LogP contribution in [0.15, 0.2) is 35.2 Å². The first-order valence-electron chi connectivity index (χ1n) is 10.5. The predicted molar refractivity (Wildman–Crippen MR) is 110 cm³/mol. The predicted octanol–water partition coefficient (Wildman–Crippen LogP) is 2.33. The maximum absolute atomic E-state index is 12.7. The summed E-state index contributed by atoms with van der Waals surface area (Å²) < 4.78 is 26.9. The second-order valence-electron chi connectivity index (χ2n) is 8.20. The summed E-state index contributed by atoms with van der Waals surface area (Å²) in [6.07, 6.45) is 5.06. The van der Waals surface area contributed by atoms with E-state index in [0.717, 1.165) is 6.54 Å². The third kappa shape index (κ3) is 5.55. The van der Waals surface area contributed by atoms with E-state index in [1.165, 1.54) is 36.7 Å². The van der Waals surface area contributed by atoms with Gasteiger partial charge in [0, 0.05) is 32.1 Å². The van der Waals surface area contributed by atoms with Gasteiger partial charge in [-0.05, 0) is 56.8 Å². The minimum atomic E-state index is -3.46. The van der Waals surface area contributed by atoms with Gasteiger partial charge in [0.25, 0.3) is 0 Å². The molecule has 1 amide bonds. The first-order chi connectivity index (χ1) is 13.5. The van der Waals surface area contributed by atoms with Gasteiger partial charge in [0.2, 0.25) is 15.9 Å². The van der Waals surface area contributed by atoms with E-state index in [9.17, 15) is 13.2 Å². The number of carbonyl (C=O) groups is 1. The number of hydrogen-bond donors (Lipinski definition) is 1. The summed E-state index contributed by atoms with van der Waals surface area (Å²) in [5.41, 5.74) is 0. The number of nitrogens with zero attached hydrogens (tertiary/aromatic N) is 2. The van der Waals surface area contributed by atoms with Crippen LogP contribution in [0.3, 0.4) is 0 Å². The third-order valence-electron chi connectivity index (χ3n) is 5.85. The molecule has 28 heavy (non-hydrogen) atoms. The van der Waals surface area contributed by atoms with Crippen LogP contribution >= 0.6 is 0 Å². The van der Waals surface area contributed by atoms with Crippen LogP contribution in [-0.2, 0) is 14.8 Å². The summed E-state index contributed by atoms with van der Waals surface area (Å²) in [7, 11) is -3.46. The van der Waals surface area contributed by atoms with Gasteiger partial charge < -0.3 is 10.2 Å². The molecule has 3 rings (SSSR count). The van der Waals surface area contributed by atoms with Crippen LogP contribution < -0.4 is 5.32 Å². The van der Waals surface area contributed by atoms with Gasteiger partial charge in [-0.2, -0.15) is 4.31 Å². The molecular weight excluding hydrogens is 374 g/mol. The number of hydrogen-bond acceptors (Lipinski definition) is 4. The second-order valence-corrected chi connectivity index (χ2v) is 10.1. The van der Waals surface area contributed by atoms with Crippen LogP contribution in [0.4, 0.5) is 0 Å². The molecule has 2 fully saturated rings. The van der Waals surface area contributed by atoms with Gasteiger partial charge >= 0.3 is 0 Å². The van der Waals surface area contributed by atoms with Crippen molar-refractivity contribution in [3.8, 4) is 0 Å². The van der Waals surface area contributed by atoms with Gasteiger partial charge in [0.15, 0.2) is 0 Å². The van der Waals surface area contributed by atoms with E-state index in [1.807, 2.05) is 6.07 Å². The molecule has 1 aromatic carbocycles. The lowest BCUT2D eigenvalue weighted by molar-refractivity contribution is -0.126. The normalized spacial score (nSPS) is 21.3. The van der Waals surface area contributed by atoms with Gasteiger partial charge in [-0.3, -0.25) is 4.79 Å². The van der Waals surface area contributed by atoms with Crippen LogP contribution in [0.25, 0.3) is 0 Å². The molecular formula is C21H33N3O3S. The topological polar surface area (TPSA) is 69.7 Å². The highest BCUT2D eigenvalue weighted by atomic mass is 32.2. The van der Waals surface area contributed by atoms with Crippen LogP contribution in [0.1, 0.15) is 39.0 Å². The Labute approximate surface area is 169 Å². The minimum absolute atomic E-state index is 0.0715. The highest BCUT2D eigenvalue weighted by molar-refractivity contribution is 7.89. The number of nitrogens with one attached hydrogen (secondary N) is 1. The first kappa shape index (κ1) is 21.3. The molecule has 1 N–H and O–H groups in total. The van der Waals surface area contributed by atoms with Crippen molar-refractivity contribution in [2.45, 2.75) is 43.9 Å². The summed E-state index contributed by atoms with van der Waals surface area (Å²) in [6.45, 7) is 7.06. The molecule has 0 spiro atoms. The molecule has 0 radical (unpaired) electrons. The molecule has 2 aliphatic heterocycles.